The van der Waals surface area contributed by atoms with Crippen molar-refractivity contribution >= 4 is 16.1 Å². The second-order valence-corrected chi connectivity index (χ2v) is 4.62. The third-order valence-corrected chi connectivity index (χ3v) is 2.96. The minimum atomic E-state index is -4.35. The molecule has 0 aromatic heterocycles. The van der Waals surface area contributed by atoms with Gasteiger partial charge in [-0.15, -0.1) is 0 Å². The Morgan fingerprint density at radius 2 is 1.94 bits per heavy atom. The second-order valence-electron chi connectivity index (χ2n) is 3.23. The number of carboxylic acid groups (broad SMARTS) is 1. The van der Waals surface area contributed by atoms with Crippen LogP contribution in [-0.2, 0) is 21.3 Å². The van der Waals surface area contributed by atoms with Crippen molar-refractivity contribution in [2.75, 3.05) is 0 Å². The summed E-state index contributed by atoms with van der Waals surface area (Å²) < 4.78 is 30.9. The Morgan fingerprint density at radius 1 is 1.38 bits per heavy atom. The molecule has 0 aliphatic rings. The van der Waals surface area contributed by atoms with Crippen molar-refractivity contribution in [3.63, 3.8) is 0 Å². The molecule has 0 heterocycles. The number of nitrogens with two attached hydrogens (primary N) is 1. The Labute approximate surface area is 92.5 Å². The third-order valence-electron chi connectivity index (χ3n) is 2.01. The van der Waals surface area contributed by atoms with E-state index in [9.17, 15) is 13.2 Å². The number of benzene rings is 1. The van der Waals surface area contributed by atoms with E-state index in [4.69, 9.17) is 15.4 Å². The Balaban J connectivity index is 3.10. The van der Waals surface area contributed by atoms with E-state index in [1.165, 1.54) is 18.2 Å². The zero-order valence-corrected chi connectivity index (χ0v) is 9.02. The van der Waals surface area contributed by atoms with Crippen LogP contribution in [0.25, 0.3) is 0 Å². The quantitative estimate of drug-likeness (QED) is 0.637. The molecule has 0 saturated carbocycles. The van der Waals surface area contributed by atoms with E-state index in [0.29, 0.717) is 0 Å². The summed E-state index contributed by atoms with van der Waals surface area (Å²) in [6.45, 7) is 0. The molecular formula is C9H11NO5S. The van der Waals surface area contributed by atoms with Gasteiger partial charge in [-0.25, -0.2) is 0 Å². The minimum Gasteiger partial charge on any atom is -0.480 e. The molecule has 0 amide bonds. The van der Waals surface area contributed by atoms with E-state index in [1.54, 1.807) is 6.07 Å². The Morgan fingerprint density at radius 3 is 2.44 bits per heavy atom. The lowest BCUT2D eigenvalue weighted by Crippen LogP contribution is -2.32. The van der Waals surface area contributed by atoms with Crippen molar-refractivity contribution in [2.24, 2.45) is 5.73 Å². The van der Waals surface area contributed by atoms with Gasteiger partial charge in [0, 0.05) is 0 Å². The third kappa shape index (κ3) is 3.02. The number of carboxylic acids is 1. The molecule has 1 rings (SSSR count). The van der Waals surface area contributed by atoms with Crippen LogP contribution in [0.15, 0.2) is 29.2 Å². The predicted octanol–water partition coefficient (Wildman–Crippen LogP) is -0.112. The van der Waals surface area contributed by atoms with Crippen LogP contribution in [0, 0.1) is 0 Å². The van der Waals surface area contributed by atoms with Crippen LogP contribution in [0.4, 0.5) is 0 Å². The van der Waals surface area contributed by atoms with Crippen LogP contribution in [0.3, 0.4) is 0 Å². The molecule has 4 N–H and O–H groups in total. The molecule has 1 aromatic rings. The van der Waals surface area contributed by atoms with Crippen molar-refractivity contribution in [2.45, 2.75) is 17.4 Å². The normalized spacial score (nSPS) is 13.4. The molecule has 0 radical (unpaired) electrons. The van der Waals surface area contributed by atoms with Crippen LogP contribution in [0.1, 0.15) is 5.56 Å². The maximum absolute atomic E-state index is 11.0. The SMILES string of the molecule is N[C@@H](Cc1ccccc1S(=O)(=O)O)C(=O)O. The van der Waals surface area contributed by atoms with E-state index in [0.717, 1.165) is 0 Å². The zero-order chi connectivity index (χ0) is 12.3. The van der Waals surface area contributed by atoms with Gasteiger partial charge in [0.1, 0.15) is 6.04 Å². The van der Waals surface area contributed by atoms with Crippen molar-refractivity contribution in [3.8, 4) is 0 Å². The van der Waals surface area contributed by atoms with Crippen LogP contribution in [0.5, 0.6) is 0 Å². The van der Waals surface area contributed by atoms with Gasteiger partial charge in [-0.05, 0) is 18.1 Å². The average molecular weight is 245 g/mol. The summed E-state index contributed by atoms with van der Waals surface area (Å²) >= 11 is 0. The minimum absolute atomic E-state index is 0.161. The molecule has 0 unspecified atom stereocenters. The first kappa shape index (κ1) is 12.6. The molecule has 7 heteroatoms. The Bertz CT molecular complexity index is 496. The van der Waals surface area contributed by atoms with Gasteiger partial charge in [-0.2, -0.15) is 8.42 Å². The Hall–Kier alpha value is -1.44. The molecule has 0 aliphatic carbocycles. The van der Waals surface area contributed by atoms with Gasteiger partial charge >= 0.3 is 5.97 Å². The number of rotatable bonds is 4. The summed E-state index contributed by atoms with van der Waals surface area (Å²) in [5.41, 5.74) is 5.47. The molecule has 0 bridgehead atoms. The van der Waals surface area contributed by atoms with E-state index in [-0.39, 0.29) is 16.9 Å². The molecule has 1 aromatic carbocycles. The summed E-state index contributed by atoms with van der Waals surface area (Å²) in [6.07, 6.45) is -0.161. The molecule has 6 nitrogen and oxygen atoms in total. The number of hydrogen-bond acceptors (Lipinski definition) is 4. The first-order chi connectivity index (χ1) is 7.32. The monoisotopic (exact) mass is 245 g/mol. The fourth-order valence-electron chi connectivity index (χ4n) is 1.25. The zero-order valence-electron chi connectivity index (χ0n) is 8.20. The van der Waals surface area contributed by atoms with Crippen LogP contribution in [0.2, 0.25) is 0 Å². The first-order valence-electron chi connectivity index (χ1n) is 4.36. The molecule has 1 atom stereocenters. The fourth-order valence-corrected chi connectivity index (χ4v) is 1.98. The Kier molecular flexibility index (Phi) is 3.63. The smallest absolute Gasteiger partial charge is 0.320 e. The van der Waals surface area contributed by atoms with Gasteiger partial charge in [-0.1, -0.05) is 18.2 Å². The van der Waals surface area contributed by atoms with Gasteiger partial charge in [0.05, 0.1) is 4.90 Å². The highest BCUT2D eigenvalue weighted by molar-refractivity contribution is 7.85. The maximum Gasteiger partial charge on any atom is 0.320 e. The van der Waals surface area contributed by atoms with E-state index >= 15 is 0 Å². The van der Waals surface area contributed by atoms with Gasteiger partial charge in [0.2, 0.25) is 0 Å². The molecule has 0 spiro atoms. The van der Waals surface area contributed by atoms with Gasteiger partial charge in [0.25, 0.3) is 10.1 Å². The molecule has 0 fully saturated rings. The van der Waals surface area contributed by atoms with Gasteiger partial charge in [0.15, 0.2) is 0 Å². The van der Waals surface area contributed by atoms with Gasteiger partial charge < -0.3 is 10.8 Å². The number of aliphatic carboxylic acids is 1. The van der Waals surface area contributed by atoms with Crippen LogP contribution < -0.4 is 5.73 Å². The maximum atomic E-state index is 11.0. The van der Waals surface area contributed by atoms with Gasteiger partial charge in [-0.3, -0.25) is 9.35 Å². The predicted molar refractivity (Wildman–Crippen MR) is 55.6 cm³/mol. The highest BCUT2D eigenvalue weighted by Crippen LogP contribution is 2.16. The summed E-state index contributed by atoms with van der Waals surface area (Å²) in [4.78, 5) is 10.2. The number of hydrogen-bond donors (Lipinski definition) is 3. The lowest BCUT2D eigenvalue weighted by Gasteiger charge is -2.09. The lowest BCUT2D eigenvalue weighted by molar-refractivity contribution is -0.138. The second kappa shape index (κ2) is 4.60. The van der Waals surface area contributed by atoms with Crippen molar-refractivity contribution in [1.29, 1.82) is 0 Å². The van der Waals surface area contributed by atoms with Crippen LogP contribution >= 0.6 is 0 Å². The average Bonchev–Trinajstić information content (AvgIpc) is 2.16. The highest BCUT2D eigenvalue weighted by Gasteiger charge is 2.19. The molecule has 16 heavy (non-hydrogen) atoms. The van der Waals surface area contributed by atoms with Crippen molar-refractivity contribution < 1.29 is 22.9 Å². The van der Waals surface area contributed by atoms with E-state index < -0.39 is 22.1 Å². The topological polar surface area (TPSA) is 118 Å². The summed E-state index contributed by atoms with van der Waals surface area (Å²) in [5.74, 6) is -1.23. The molecule has 0 aliphatic heterocycles. The molecule has 0 saturated heterocycles. The van der Waals surface area contributed by atoms with Crippen molar-refractivity contribution in [1.82, 2.24) is 0 Å². The molecule has 88 valence electrons. The van der Waals surface area contributed by atoms with Crippen molar-refractivity contribution in [3.05, 3.63) is 29.8 Å². The standard InChI is InChI=1S/C9H11NO5S/c10-7(9(11)12)5-6-3-1-2-4-8(6)16(13,14)15/h1-4,7H,5,10H2,(H,11,12)(H,13,14,15)/t7-/m0/s1. The van der Waals surface area contributed by atoms with Crippen LogP contribution in [-0.4, -0.2) is 30.1 Å². The summed E-state index contributed by atoms with van der Waals surface area (Å²) in [5, 5.41) is 8.60. The van der Waals surface area contributed by atoms with E-state index in [1.807, 2.05) is 0 Å². The number of carbonyl (C=O) groups is 1. The molecular weight excluding hydrogens is 234 g/mol. The highest BCUT2D eigenvalue weighted by atomic mass is 32.2. The largest absolute Gasteiger partial charge is 0.480 e. The lowest BCUT2D eigenvalue weighted by atomic mass is 10.1. The summed E-state index contributed by atoms with van der Waals surface area (Å²) in [7, 11) is -4.35. The summed E-state index contributed by atoms with van der Waals surface area (Å²) in [6, 6.07) is 4.37. The first-order valence-corrected chi connectivity index (χ1v) is 5.80. The van der Waals surface area contributed by atoms with E-state index in [2.05, 4.69) is 0 Å². The fraction of sp³-hybridized carbons (Fsp3) is 0.222.